The molecule has 0 rings (SSSR count). The van der Waals surface area contributed by atoms with Gasteiger partial charge in [-0.15, -0.1) is 0 Å². The first-order valence-corrected chi connectivity index (χ1v) is 2.47. The molecule has 0 saturated heterocycles. The Balaban J connectivity index is 0. The van der Waals surface area contributed by atoms with Gasteiger partial charge in [0.15, 0.2) is 0 Å². The van der Waals surface area contributed by atoms with E-state index in [1.807, 2.05) is 13.8 Å². The molecule has 2 heteroatoms. The lowest BCUT2D eigenvalue weighted by Crippen LogP contribution is -2.07. The summed E-state index contributed by atoms with van der Waals surface area (Å²) >= 11 is 0. The van der Waals surface area contributed by atoms with Crippen molar-refractivity contribution >= 4 is 5.78 Å². The second kappa shape index (κ2) is 9.16. The fourth-order valence-electron chi connectivity index (χ4n) is 0. The van der Waals surface area contributed by atoms with Gasteiger partial charge in [-0.1, -0.05) is 13.8 Å². The van der Waals surface area contributed by atoms with Crippen LogP contribution in [0.2, 0.25) is 0 Å². The number of nitrogens with two attached hydrogens (primary N) is 1. The van der Waals surface area contributed by atoms with Crippen molar-refractivity contribution in [3.63, 3.8) is 0 Å². The van der Waals surface area contributed by atoms with Gasteiger partial charge >= 0.3 is 0 Å². The number of Topliss-reactive ketones (excluding diaryl/α,β-unsaturated/α-hetero) is 1. The average Bonchev–Trinajstić information content (AvgIpc) is 1.73. The van der Waals surface area contributed by atoms with Gasteiger partial charge in [0.2, 0.25) is 0 Å². The highest BCUT2D eigenvalue weighted by molar-refractivity contribution is 5.77. The third kappa shape index (κ3) is 27.9. The van der Waals surface area contributed by atoms with Crippen molar-refractivity contribution in [2.45, 2.75) is 20.8 Å². The molecule has 0 radical (unpaired) electrons. The summed E-state index contributed by atoms with van der Waals surface area (Å²) in [4.78, 5) is 9.69. The molecule has 0 aromatic carbocycles. The maximum absolute atomic E-state index is 9.69. The van der Waals surface area contributed by atoms with Crippen molar-refractivity contribution in [3.8, 4) is 0 Å². The van der Waals surface area contributed by atoms with Crippen LogP contribution in [0.4, 0.5) is 0 Å². The van der Waals surface area contributed by atoms with E-state index in [4.69, 9.17) is 5.73 Å². The molecule has 0 bridgehead atoms. The number of rotatable bonds is 1. The molecule has 2 N–H and O–H groups in total. The van der Waals surface area contributed by atoms with E-state index in [-0.39, 0.29) is 12.3 Å². The second-order valence-corrected chi connectivity index (χ2v) is 0.906. The quantitative estimate of drug-likeness (QED) is 0.527. The highest BCUT2D eigenvalue weighted by Crippen LogP contribution is 1.51. The molecule has 0 spiro atoms. The van der Waals surface area contributed by atoms with Crippen LogP contribution in [-0.4, -0.2) is 12.3 Å². The summed E-state index contributed by atoms with van der Waals surface area (Å²) < 4.78 is 0. The highest BCUT2D eigenvalue weighted by atomic mass is 16.1. The molecule has 0 amide bonds. The van der Waals surface area contributed by atoms with Crippen LogP contribution >= 0.6 is 0 Å². The number of hydrogen-bond acceptors (Lipinski definition) is 2. The molecular weight excluding hydrogens is 90.1 g/mol. The zero-order chi connectivity index (χ0) is 6.28. The smallest absolute Gasteiger partial charge is 0.143 e. The van der Waals surface area contributed by atoms with E-state index in [2.05, 4.69) is 0 Å². The van der Waals surface area contributed by atoms with E-state index in [0.717, 1.165) is 0 Å². The molecule has 0 aromatic rings. The standard InChI is InChI=1S/C3H7NO.C2H6/c1-3(5)2-4;1-2/h2,4H2,1H3;1-2H3. The minimum absolute atomic E-state index is 0.0324. The molecular formula is C5H13NO. The molecule has 0 aliphatic rings. The monoisotopic (exact) mass is 103 g/mol. The van der Waals surface area contributed by atoms with Crippen molar-refractivity contribution in [1.29, 1.82) is 0 Å². The van der Waals surface area contributed by atoms with Crippen LogP contribution in [0, 0.1) is 0 Å². The van der Waals surface area contributed by atoms with Crippen LogP contribution in [-0.2, 0) is 4.79 Å². The first kappa shape index (κ1) is 9.80. The number of hydrogen-bond donors (Lipinski definition) is 1. The highest BCUT2D eigenvalue weighted by Gasteiger charge is 1.76. The Hall–Kier alpha value is -0.370. The summed E-state index contributed by atoms with van der Waals surface area (Å²) in [6, 6.07) is 0. The Morgan fingerprint density at radius 2 is 1.71 bits per heavy atom. The van der Waals surface area contributed by atoms with E-state index in [1.165, 1.54) is 6.92 Å². The van der Waals surface area contributed by atoms with E-state index in [9.17, 15) is 4.79 Å². The third-order valence-electron chi connectivity index (χ3n) is 0.287. The Morgan fingerprint density at radius 3 is 1.71 bits per heavy atom. The second-order valence-electron chi connectivity index (χ2n) is 0.906. The van der Waals surface area contributed by atoms with Crippen molar-refractivity contribution in [2.24, 2.45) is 5.73 Å². The lowest BCUT2D eigenvalue weighted by molar-refractivity contribution is -0.115. The normalized spacial score (nSPS) is 6.29. The maximum atomic E-state index is 9.69. The molecule has 0 aliphatic heterocycles. The van der Waals surface area contributed by atoms with E-state index >= 15 is 0 Å². The van der Waals surface area contributed by atoms with E-state index < -0.39 is 0 Å². The average molecular weight is 103 g/mol. The maximum Gasteiger partial charge on any atom is 0.143 e. The Labute approximate surface area is 44.7 Å². The molecule has 0 fully saturated rings. The van der Waals surface area contributed by atoms with Crippen molar-refractivity contribution in [3.05, 3.63) is 0 Å². The van der Waals surface area contributed by atoms with Gasteiger partial charge in [-0.25, -0.2) is 0 Å². The summed E-state index contributed by atoms with van der Waals surface area (Å²) in [5.41, 5.74) is 4.82. The van der Waals surface area contributed by atoms with Crippen molar-refractivity contribution in [2.75, 3.05) is 6.54 Å². The summed E-state index contributed by atoms with van der Waals surface area (Å²) in [6.45, 7) is 5.62. The van der Waals surface area contributed by atoms with Gasteiger partial charge in [-0.3, -0.25) is 4.79 Å². The van der Waals surface area contributed by atoms with Crippen LogP contribution < -0.4 is 5.73 Å². The minimum Gasteiger partial charge on any atom is -0.324 e. The first-order valence-electron chi connectivity index (χ1n) is 2.47. The van der Waals surface area contributed by atoms with Crippen LogP contribution in [0.1, 0.15) is 20.8 Å². The molecule has 44 valence electrons. The van der Waals surface area contributed by atoms with Gasteiger partial charge in [0.25, 0.3) is 0 Å². The lowest BCUT2D eigenvalue weighted by Gasteiger charge is -1.73. The van der Waals surface area contributed by atoms with E-state index in [0.29, 0.717) is 0 Å². The lowest BCUT2D eigenvalue weighted by atomic mass is 10.5. The van der Waals surface area contributed by atoms with Gasteiger partial charge in [0.05, 0.1) is 6.54 Å². The van der Waals surface area contributed by atoms with Gasteiger partial charge in [0, 0.05) is 0 Å². The molecule has 0 saturated carbocycles. The molecule has 0 aliphatic carbocycles. The largest absolute Gasteiger partial charge is 0.324 e. The summed E-state index contributed by atoms with van der Waals surface area (Å²) in [7, 11) is 0. The molecule has 0 heterocycles. The SMILES string of the molecule is CC.CC(=O)CN. The Morgan fingerprint density at radius 1 is 1.57 bits per heavy atom. The third-order valence-corrected chi connectivity index (χ3v) is 0.287. The van der Waals surface area contributed by atoms with Crippen LogP contribution in [0.3, 0.4) is 0 Å². The predicted octanol–water partition coefficient (Wildman–Crippen LogP) is 0.560. The van der Waals surface area contributed by atoms with Gasteiger partial charge in [-0.2, -0.15) is 0 Å². The summed E-state index contributed by atoms with van der Waals surface area (Å²) in [5.74, 6) is 0.0324. The van der Waals surface area contributed by atoms with Crippen LogP contribution in [0.15, 0.2) is 0 Å². The molecule has 7 heavy (non-hydrogen) atoms. The summed E-state index contributed by atoms with van der Waals surface area (Å²) in [5, 5.41) is 0. The molecule has 0 unspecified atom stereocenters. The minimum atomic E-state index is 0.0324. The Kier molecular flexibility index (Phi) is 12.8. The van der Waals surface area contributed by atoms with E-state index in [1.54, 1.807) is 0 Å². The summed E-state index contributed by atoms with van der Waals surface area (Å²) in [6.07, 6.45) is 0. The Bertz CT molecular complexity index is 43.3. The number of carbonyl (C=O) groups excluding carboxylic acids is 1. The van der Waals surface area contributed by atoms with Crippen molar-refractivity contribution < 1.29 is 4.79 Å². The van der Waals surface area contributed by atoms with Gasteiger partial charge < -0.3 is 5.73 Å². The fourth-order valence-corrected chi connectivity index (χ4v) is 0. The van der Waals surface area contributed by atoms with Crippen molar-refractivity contribution in [1.82, 2.24) is 0 Å². The predicted molar refractivity (Wildman–Crippen MR) is 31.1 cm³/mol. The van der Waals surface area contributed by atoms with Crippen LogP contribution in [0.5, 0.6) is 0 Å². The van der Waals surface area contributed by atoms with Gasteiger partial charge in [-0.05, 0) is 6.92 Å². The molecule has 2 nitrogen and oxygen atoms in total. The number of carbonyl (C=O) groups is 1. The molecule has 0 atom stereocenters. The number of ketones is 1. The molecule has 0 aromatic heterocycles. The van der Waals surface area contributed by atoms with Crippen LogP contribution in [0.25, 0.3) is 0 Å². The first-order chi connectivity index (χ1) is 3.27. The topological polar surface area (TPSA) is 43.1 Å². The van der Waals surface area contributed by atoms with Gasteiger partial charge in [0.1, 0.15) is 5.78 Å². The zero-order valence-corrected chi connectivity index (χ0v) is 5.19. The zero-order valence-electron chi connectivity index (χ0n) is 5.19. The fraction of sp³-hybridized carbons (Fsp3) is 0.800.